The molecule has 0 N–H and O–H groups in total. The summed E-state index contributed by atoms with van der Waals surface area (Å²) < 4.78 is 2.90. The third kappa shape index (κ3) is 3.23. The summed E-state index contributed by atoms with van der Waals surface area (Å²) in [4.78, 5) is 0. The van der Waals surface area contributed by atoms with Crippen molar-refractivity contribution in [1.29, 1.82) is 0 Å². The van der Waals surface area contributed by atoms with E-state index in [4.69, 9.17) is 5.10 Å². The molecule has 0 spiro atoms. The van der Waals surface area contributed by atoms with Gasteiger partial charge in [-0.05, 0) is 17.0 Å². The maximum Gasteiger partial charge on any atom is 0.212 e. The highest BCUT2D eigenvalue weighted by molar-refractivity contribution is 9.10. The molecular formula is C20H19BrN4S. The van der Waals surface area contributed by atoms with E-state index in [9.17, 15) is 0 Å². The van der Waals surface area contributed by atoms with Crippen LogP contribution in [-0.4, -0.2) is 26.3 Å². The molecule has 0 saturated heterocycles. The van der Waals surface area contributed by atoms with Crippen molar-refractivity contribution < 1.29 is 0 Å². The molecule has 26 heavy (non-hydrogen) atoms. The first kappa shape index (κ1) is 17.5. The minimum absolute atomic E-state index is 0.129. The highest BCUT2D eigenvalue weighted by atomic mass is 79.9. The first-order valence-corrected chi connectivity index (χ1v) is 10.2. The summed E-state index contributed by atoms with van der Waals surface area (Å²) in [6, 6.07) is 16.7. The Morgan fingerprint density at radius 3 is 2.42 bits per heavy atom. The fraction of sp³-hybridized carbons (Fsp3) is 0.250. The lowest BCUT2D eigenvalue weighted by atomic mass is 9.87. The quantitative estimate of drug-likeness (QED) is 0.553. The molecule has 0 atom stereocenters. The van der Waals surface area contributed by atoms with Gasteiger partial charge in [-0.2, -0.15) is 9.78 Å². The average Bonchev–Trinajstić information content (AvgIpc) is 3.04. The Labute approximate surface area is 165 Å². The number of halogens is 1. The normalized spacial score (nSPS) is 14.1. The zero-order valence-corrected chi connectivity index (χ0v) is 17.3. The van der Waals surface area contributed by atoms with Crippen LogP contribution < -0.4 is 0 Å². The smallest absolute Gasteiger partial charge is 0.187 e. The standard InChI is InChI=1S/C20H19BrN4S/c1-20(2,3)14-10-8-13(9-11-14)18-22-23-19-25(18)24-17(12-26-19)15-6-4-5-7-16(15)21/h4-11H,12H2,1-3H3. The monoisotopic (exact) mass is 426 g/mol. The minimum atomic E-state index is 0.129. The topological polar surface area (TPSA) is 43.1 Å². The number of rotatable bonds is 2. The van der Waals surface area contributed by atoms with Crippen molar-refractivity contribution in [2.45, 2.75) is 31.3 Å². The Bertz CT molecular complexity index is 984. The molecule has 132 valence electrons. The van der Waals surface area contributed by atoms with E-state index in [-0.39, 0.29) is 5.41 Å². The first-order valence-electron chi connectivity index (χ1n) is 8.45. The predicted octanol–water partition coefficient (Wildman–Crippen LogP) is 5.36. The van der Waals surface area contributed by atoms with Crippen LogP contribution in [-0.2, 0) is 5.41 Å². The fourth-order valence-corrected chi connectivity index (χ4v) is 4.20. The fourth-order valence-electron chi connectivity index (χ4n) is 2.85. The molecule has 1 aromatic heterocycles. The van der Waals surface area contributed by atoms with Crippen molar-refractivity contribution in [3.63, 3.8) is 0 Å². The average molecular weight is 427 g/mol. The molecule has 4 rings (SSSR count). The van der Waals surface area contributed by atoms with Crippen LogP contribution in [0.5, 0.6) is 0 Å². The third-order valence-corrected chi connectivity index (χ3v) is 5.99. The van der Waals surface area contributed by atoms with Crippen LogP contribution in [0, 0.1) is 0 Å². The SMILES string of the molecule is CC(C)(C)c1ccc(-c2nnc3n2N=C(c2ccccc2Br)CS3)cc1. The number of benzene rings is 2. The van der Waals surface area contributed by atoms with Crippen LogP contribution >= 0.6 is 27.7 Å². The predicted molar refractivity (Wildman–Crippen MR) is 111 cm³/mol. The molecule has 1 aliphatic rings. The summed E-state index contributed by atoms with van der Waals surface area (Å²) in [5.74, 6) is 1.56. The number of nitrogens with zero attached hydrogens (tertiary/aromatic N) is 4. The van der Waals surface area contributed by atoms with Gasteiger partial charge in [0.2, 0.25) is 5.16 Å². The van der Waals surface area contributed by atoms with Crippen molar-refractivity contribution >= 4 is 33.4 Å². The molecule has 0 amide bonds. The van der Waals surface area contributed by atoms with E-state index in [0.29, 0.717) is 0 Å². The van der Waals surface area contributed by atoms with E-state index >= 15 is 0 Å². The van der Waals surface area contributed by atoms with Gasteiger partial charge in [0, 0.05) is 21.4 Å². The van der Waals surface area contributed by atoms with Gasteiger partial charge >= 0.3 is 0 Å². The Balaban J connectivity index is 1.75. The molecule has 0 radical (unpaired) electrons. The van der Waals surface area contributed by atoms with Gasteiger partial charge in [0.25, 0.3) is 0 Å². The van der Waals surface area contributed by atoms with Crippen molar-refractivity contribution in [2.24, 2.45) is 5.10 Å². The lowest BCUT2D eigenvalue weighted by Gasteiger charge is -2.19. The second kappa shape index (κ2) is 6.67. The molecule has 1 aliphatic heterocycles. The molecule has 0 fully saturated rings. The molecule has 2 aromatic carbocycles. The van der Waals surface area contributed by atoms with Gasteiger partial charge in [-0.15, -0.1) is 10.2 Å². The number of aromatic nitrogens is 3. The van der Waals surface area contributed by atoms with Gasteiger partial charge < -0.3 is 0 Å². The van der Waals surface area contributed by atoms with E-state index in [0.717, 1.165) is 38.0 Å². The van der Waals surface area contributed by atoms with Gasteiger partial charge in [-0.3, -0.25) is 0 Å². The van der Waals surface area contributed by atoms with Gasteiger partial charge in [-0.25, -0.2) is 0 Å². The Kier molecular flexibility index (Phi) is 4.49. The van der Waals surface area contributed by atoms with Crippen molar-refractivity contribution in [2.75, 3.05) is 5.75 Å². The molecule has 3 aromatic rings. The van der Waals surface area contributed by atoms with E-state index in [1.165, 1.54) is 5.56 Å². The van der Waals surface area contributed by atoms with Crippen LogP contribution in [0.3, 0.4) is 0 Å². The number of hydrogen-bond donors (Lipinski definition) is 0. The first-order chi connectivity index (χ1) is 12.4. The second-order valence-electron chi connectivity index (χ2n) is 7.26. The molecule has 4 nitrogen and oxygen atoms in total. The highest BCUT2D eigenvalue weighted by Crippen LogP contribution is 2.31. The van der Waals surface area contributed by atoms with Gasteiger partial charge in [0.05, 0.1) is 5.71 Å². The van der Waals surface area contributed by atoms with Crippen LogP contribution in [0.4, 0.5) is 0 Å². The molecule has 0 saturated carbocycles. The van der Waals surface area contributed by atoms with Gasteiger partial charge in [-0.1, -0.05) is 90.9 Å². The van der Waals surface area contributed by atoms with Crippen LogP contribution in [0.25, 0.3) is 11.4 Å². The van der Waals surface area contributed by atoms with Crippen molar-refractivity contribution in [3.05, 3.63) is 64.1 Å². The Hall–Kier alpha value is -1.92. The van der Waals surface area contributed by atoms with Crippen molar-refractivity contribution in [1.82, 2.24) is 14.9 Å². The maximum atomic E-state index is 4.84. The molecule has 0 unspecified atom stereocenters. The summed E-state index contributed by atoms with van der Waals surface area (Å²) in [6.07, 6.45) is 0. The summed E-state index contributed by atoms with van der Waals surface area (Å²) in [6.45, 7) is 6.64. The zero-order valence-electron chi connectivity index (χ0n) is 14.9. The largest absolute Gasteiger partial charge is 0.212 e. The Morgan fingerprint density at radius 2 is 1.73 bits per heavy atom. The van der Waals surface area contributed by atoms with E-state index < -0.39 is 0 Å². The highest BCUT2D eigenvalue weighted by Gasteiger charge is 2.22. The van der Waals surface area contributed by atoms with Gasteiger partial charge in [0.15, 0.2) is 5.82 Å². The van der Waals surface area contributed by atoms with E-state index in [1.807, 2.05) is 22.9 Å². The summed E-state index contributed by atoms with van der Waals surface area (Å²) in [5, 5.41) is 14.4. The minimum Gasteiger partial charge on any atom is -0.187 e. The zero-order chi connectivity index (χ0) is 18.3. The molecule has 0 bridgehead atoms. The van der Waals surface area contributed by atoms with Gasteiger partial charge in [0.1, 0.15) is 0 Å². The number of fused-ring (bicyclic) bond motifs is 1. The third-order valence-electron chi connectivity index (χ3n) is 4.36. The molecule has 2 heterocycles. The molecule has 0 aliphatic carbocycles. The molecular weight excluding hydrogens is 408 g/mol. The second-order valence-corrected chi connectivity index (χ2v) is 9.06. The molecule has 6 heteroatoms. The summed E-state index contributed by atoms with van der Waals surface area (Å²) in [5.41, 5.74) is 4.57. The van der Waals surface area contributed by atoms with Crippen LogP contribution in [0.2, 0.25) is 0 Å². The lowest BCUT2D eigenvalue weighted by Crippen LogP contribution is -2.14. The number of thioether (sulfide) groups is 1. The Morgan fingerprint density at radius 1 is 1.00 bits per heavy atom. The van der Waals surface area contributed by atoms with E-state index in [2.05, 4.69) is 77.2 Å². The van der Waals surface area contributed by atoms with E-state index in [1.54, 1.807) is 11.8 Å². The lowest BCUT2D eigenvalue weighted by molar-refractivity contribution is 0.590. The maximum absolute atomic E-state index is 4.84. The number of hydrogen-bond acceptors (Lipinski definition) is 4. The van der Waals surface area contributed by atoms with Crippen molar-refractivity contribution in [3.8, 4) is 11.4 Å². The van der Waals surface area contributed by atoms with Crippen LogP contribution in [0.1, 0.15) is 31.9 Å². The van der Waals surface area contributed by atoms with Crippen LogP contribution in [0.15, 0.2) is 63.3 Å². The summed E-state index contributed by atoms with van der Waals surface area (Å²) >= 11 is 5.28. The summed E-state index contributed by atoms with van der Waals surface area (Å²) in [7, 11) is 0.